The summed E-state index contributed by atoms with van der Waals surface area (Å²) in [5.41, 5.74) is -0.838. The molecule has 3 nitrogen and oxygen atoms in total. The second kappa shape index (κ2) is 5.51. The Kier molecular flexibility index (Phi) is 3.56. The number of aromatic nitrogens is 1. The van der Waals surface area contributed by atoms with E-state index in [1.807, 2.05) is 0 Å². The number of fused-ring (bicyclic) bond motifs is 5. The molecule has 2 N–H and O–H groups in total. The molecular formula is C18H10F6N2O. The number of hydrogen-bond acceptors (Lipinski definition) is 1. The van der Waals surface area contributed by atoms with E-state index in [2.05, 4.69) is 10.3 Å². The van der Waals surface area contributed by atoms with E-state index in [1.165, 1.54) is 6.07 Å². The molecule has 2 aromatic carbocycles. The van der Waals surface area contributed by atoms with Gasteiger partial charge in [0.1, 0.15) is 0 Å². The molecule has 0 aliphatic carbocycles. The molecule has 1 aliphatic rings. The second-order valence-electron chi connectivity index (χ2n) is 6.22. The Morgan fingerprint density at radius 3 is 2.15 bits per heavy atom. The fraction of sp³-hybridized carbons (Fsp3) is 0.167. The number of anilines is 1. The Bertz CT molecular complexity index is 1080. The number of hydrogen-bond donors (Lipinski definition) is 2. The maximum atomic E-state index is 13.1. The topological polar surface area (TPSA) is 44.9 Å². The average Bonchev–Trinajstić information content (AvgIpc) is 2.84. The maximum absolute atomic E-state index is 13.1. The van der Waals surface area contributed by atoms with Gasteiger partial charge in [-0.3, -0.25) is 4.79 Å². The van der Waals surface area contributed by atoms with Crippen molar-refractivity contribution in [2.75, 3.05) is 5.32 Å². The number of rotatable bonds is 0. The highest BCUT2D eigenvalue weighted by Gasteiger charge is 2.34. The Hall–Kier alpha value is -2.97. The summed E-state index contributed by atoms with van der Waals surface area (Å²) in [6, 6.07) is 5.84. The van der Waals surface area contributed by atoms with Gasteiger partial charge in [-0.2, -0.15) is 26.3 Å². The summed E-state index contributed by atoms with van der Waals surface area (Å²) < 4.78 is 78.3. The Morgan fingerprint density at radius 2 is 1.48 bits per heavy atom. The van der Waals surface area contributed by atoms with E-state index in [0.29, 0.717) is 5.52 Å². The van der Waals surface area contributed by atoms with Crippen molar-refractivity contribution in [2.45, 2.75) is 18.8 Å². The van der Waals surface area contributed by atoms with Gasteiger partial charge in [-0.15, -0.1) is 0 Å². The van der Waals surface area contributed by atoms with Crippen molar-refractivity contribution in [3.8, 4) is 11.3 Å². The molecule has 9 heteroatoms. The van der Waals surface area contributed by atoms with Crippen LogP contribution in [0.25, 0.3) is 22.2 Å². The van der Waals surface area contributed by atoms with Crippen LogP contribution in [0.5, 0.6) is 0 Å². The van der Waals surface area contributed by atoms with Crippen LogP contribution < -0.4 is 5.32 Å². The van der Waals surface area contributed by atoms with Crippen LogP contribution >= 0.6 is 0 Å². The molecule has 0 saturated heterocycles. The van der Waals surface area contributed by atoms with E-state index in [-0.39, 0.29) is 34.3 Å². The molecule has 1 aliphatic heterocycles. The molecule has 0 unspecified atom stereocenters. The van der Waals surface area contributed by atoms with Gasteiger partial charge in [0.25, 0.3) is 0 Å². The van der Waals surface area contributed by atoms with E-state index in [4.69, 9.17) is 0 Å². The lowest BCUT2D eigenvalue weighted by Gasteiger charge is -2.12. The number of alkyl halides is 6. The molecule has 4 rings (SSSR count). The van der Waals surface area contributed by atoms with Crippen molar-refractivity contribution in [3.05, 3.63) is 53.1 Å². The number of benzene rings is 2. The molecule has 140 valence electrons. The van der Waals surface area contributed by atoms with E-state index in [9.17, 15) is 31.1 Å². The minimum absolute atomic E-state index is 0.0791. The molecule has 27 heavy (non-hydrogen) atoms. The second-order valence-corrected chi connectivity index (χ2v) is 6.22. The summed E-state index contributed by atoms with van der Waals surface area (Å²) in [4.78, 5) is 15.0. The molecule has 0 atom stereocenters. The highest BCUT2D eigenvalue weighted by Crippen LogP contribution is 2.42. The number of H-pyrrole nitrogens is 1. The number of aromatic amines is 1. The quantitative estimate of drug-likeness (QED) is 0.503. The van der Waals surface area contributed by atoms with Crippen LogP contribution in [0.15, 0.2) is 36.4 Å². The number of amides is 1. The van der Waals surface area contributed by atoms with Crippen LogP contribution in [0.3, 0.4) is 0 Å². The summed E-state index contributed by atoms with van der Waals surface area (Å²) >= 11 is 0. The highest BCUT2D eigenvalue weighted by atomic mass is 19.4. The molecule has 1 amide bonds. The fourth-order valence-electron chi connectivity index (χ4n) is 3.23. The average molecular weight is 384 g/mol. The molecule has 1 aromatic heterocycles. The van der Waals surface area contributed by atoms with Crippen molar-refractivity contribution < 1.29 is 31.1 Å². The van der Waals surface area contributed by atoms with Gasteiger partial charge in [-0.1, -0.05) is 0 Å². The zero-order chi connectivity index (χ0) is 19.6. The zero-order valence-electron chi connectivity index (χ0n) is 13.3. The molecule has 0 radical (unpaired) electrons. The summed E-state index contributed by atoms with van der Waals surface area (Å²) in [6.45, 7) is 0. The van der Waals surface area contributed by atoms with Gasteiger partial charge < -0.3 is 10.3 Å². The van der Waals surface area contributed by atoms with Crippen molar-refractivity contribution in [1.29, 1.82) is 0 Å². The van der Waals surface area contributed by atoms with Crippen LogP contribution in [0, 0.1) is 0 Å². The maximum Gasteiger partial charge on any atom is 0.416 e. The third-order valence-corrected chi connectivity index (χ3v) is 4.46. The summed E-state index contributed by atoms with van der Waals surface area (Å²) in [6.07, 6.45) is -9.43. The lowest BCUT2D eigenvalue weighted by molar-refractivity contribution is -0.138. The molecule has 0 spiro atoms. The fourth-order valence-corrected chi connectivity index (χ4v) is 3.23. The Balaban J connectivity index is 2.00. The largest absolute Gasteiger partial charge is 0.416 e. The van der Waals surface area contributed by atoms with Crippen molar-refractivity contribution in [2.24, 2.45) is 0 Å². The smallest absolute Gasteiger partial charge is 0.354 e. The first kappa shape index (κ1) is 17.4. The van der Waals surface area contributed by atoms with Gasteiger partial charge >= 0.3 is 12.4 Å². The normalized spacial score (nSPS) is 14.5. The minimum atomic E-state index is -4.60. The first-order valence-corrected chi connectivity index (χ1v) is 7.77. The SMILES string of the molecule is O=C1Cc2c([nH]c3ccc(C(F)(F)F)cc23)-c2cc(C(F)(F)F)ccc2N1. The van der Waals surface area contributed by atoms with Crippen LogP contribution in [0.4, 0.5) is 32.0 Å². The van der Waals surface area contributed by atoms with Crippen molar-refractivity contribution >= 4 is 22.5 Å². The molecule has 2 heterocycles. The summed E-state index contributed by atoms with van der Waals surface area (Å²) in [5.74, 6) is -0.520. The lowest BCUT2D eigenvalue weighted by atomic mass is 10.00. The molecule has 0 fully saturated rings. The number of halogens is 6. The third kappa shape index (κ3) is 2.92. The Morgan fingerprint density at radius 1 is 0.852 bits per heavy atom. The van der Waals surface area contributed by atoms with E-state index in [0.717, 1.165) is 30.3 Å². The van der Waals surface area contributed by atoms with Gasteiger partial charge in [-0.25, -0.2) is 0 Å². The van der Waals surface area contributed by atoms with E-state index in [1.54, 1.807) is 0 Å². The van der Waals surface area contributed by atoms with Gasteiger partial charge in [0.15, 0.2) is 0 Å². The predicted molar refractivity (Wildman–Crippen MR) is 86.1 cm³/mol. The van der Waals surface area contributed by atoms with E-state index < -0.39 is 29.4 Å². The van der Waals surface area contributed by atoms with Crippen molar-refractivity contribution in [3.63, 3.8) is 0 Å². The zero-order valence-corrected chi connectivity index (χ0v) is 13.3. The standard InChI is InChI=1S/C18H10F6N2O/c19-17(20,21)8-1-3-13-10(5-8)11-7-15(27)25-14-4-2-9(18(22,23)24)6-12(14)16(11)26-13/h1-6,26H,7H2,(H,25,27). The van der Waals surface area contributed by atoms with Gasteiger partial charge in [0.05, 0.1) is 28.9 Å². The monoisotopic (exact) mass is 384 g/mol. The highest BCUT2D eigenvalue weighted by molar-refractivity contribution is 6.05. The van der Waals surface area contributed by atoms with Gasteiger partial charge in [-0.05, 0) is 42.0 Å². The molecule has 3 aromatic rings. The van der Waals surface area contributed by atoms with Crippen molar-refractivity contribution in [1.82, 2.24) is 4.98 Å². The summed E-state index contributed by atoms with van der Waals surface area (Å²) in [7, 11) is 0. The van der Waals surface area contributed by atoms with Crippen LogP contribution in [0.1, 0.15) is 16.7 Å². The van der Waals surface area contributed by atoms with Gasteiger partial charge in [0.2, 0.25) is 5.91 Å². The number of carbonyl (C=O) groups excluding carboxylic acids is 1. The number of carbonyl (C=O) groups is 1. The Labute approximate surface area is 148 Å². The predicted octanol–water partition coefficient (Wildman–Crippen LogP) is 5.37. The number of nitrogens with one attached hydrogen (secondary N) is 2. The van der Waals surface area contributed by atoms with Crippen LogP contribution in [-0.2, 0) is 23.6 Å². The summed E-state index contributed by atoms with van der Waals surface area (Å²) in [5, 5.41) is 2.65. The molecule has 0 saturated carbocycles. The molecular weight excluding hydrogens is 374 g/mol. The van der Waals surface area contributed by atoms with E-state index >= 15 is 0 Å². The van der Waals surface area contributed by atoms with Crippen LogP contribution in [0.2, 0.25) is 0 Å². The lowest BCUT2D eigenvalue weighted by Crippen LogP contribution is -2.13. The molecule has 0 bridgehead atoms. The minimum Gasteiger partial charge on any atom is -0.354 e. The first-order valence-electron chi connectivity index (χ1n) is 7.77. The first-order chi connectivity index (χ1) is 12.5. The van der Waals surface area contributed by atoms with Gasteiger partial charge in [0, 0.05) is 16.5 Å². The third-order valence-electron chi connectivity index (χ3n) is 4.46. The van der Waals surface area contributed by atoms with Crippen LogP contribution in [-0.4, -0.2) is 10.9 Å².